The zero-order chi connectivity index (χ0) is 8.73. The molecule has 0 aliphatic heterocycles. The van der Waals surface area contributed by atoms with E-state index in [-0.39, 0.29) is 5.57 Å². The van der Waals surface area contributed by atoms with Crippen LogP contribution in [0.2, 0.25) is 4.22 Å². The van der Waals surface area contributed by atoms with Crippen molar-refractivity contribution in [3.63, 3.8) is 0 Å². The van der Waals surface area contributed by atoms with Crippen LogP contribution in [0.15, 0.2) is 12.2 Å². The molecular formula is C7H13O2Ti. The molecule has 0 unspecified atom stereocenters. The number of aliphatic carboxylic acids is 1. The molecule has 0 aromatic rings. The van der Waals surface area contributed by atoms with Crippen LogP contribution in [-0.4, -0.2) is 11.1 Å². The molecule has 0 saturated carbocycles. The molecule has 0 amide bonds. The molecule has 1 N–H and O–H groups in total. The fourth-order valence-corrected chi connectivity index (χ4v) is 0. The number of carboxylic acids is 1. The van der Waals surface area contributed by atoms with Gasteiger partial charge in [-0.1, -0.05) is 6.58 Å². The van der Waals surface area contributed by atoms with Crippen molar-refractivity contribution in [3.8, 4) is 0 Å². The van der Waals surface area contributed by atoms with Gasteiger partial charge in [0.05, 0.1) is 0 Å². The van der Waals surface area contributed by atoms with Gasteiger partial charge in [-0.05, 0) is 6.92 Å². The molecule has 10 heavy (non-hydrogen) atoms. The Kier molecular flexibility index (Phi) is 8.86. The molecular weight excluding hydrogens is 164 g/mol. The topological polar surface area (TPSA) is 37.3 Å². The van der Waals surface area contributed by atoms with Crippen molar-refractivity contribution < 1.29 is 30.3 Å². The molecule has 0 fully saturated rings. The van der Waals surface area contributed by atoms with Gasteiger partial charge in [-0.15, -0.1) is 0 Å². The van der Waals surface area contributed by atoms with E-state index in [2.05, 4.69) is 40.9 Å². The SMILES string of the molecule is C=C(C)C(=O)O.C[CH](C)[Ti]. The quantitative estimate of drug-likeness (QED) is 0.491. The van der Waals surface area contributed by atoms with Gasteiger partial charge in [-0.25, -0.2) is 4.79 Å². The second-order valence-corrected chi connectivity index (χ2v) is 4.04. The summed E-state index contributed by atoms with van der Waals surface area (Å²) in [5, 5.41) is 7.89. The van der Waals surface area contributed by atoms with Crippen molar-refractivity contribution in [2.24, 2.45) is 0 Å². The Hall–Kier alpha value is -0.0757. The Morgan fingerprint density at radius 3 is 1.70 bits per heavy atom. The Bertz CT molecular complexity index is 104. The molecule has 0 aliphatic carbocycles. The van der Waals surface area contributed by atoms with Crippen LogP contribution in [-0.2, 0) is 25.2 Å². The molecule has 0 aromatic carbocycles. The summed E-state index contributed by atoms with van der Waals surface area (Å²) < 4.78 is 0.833. The fourth-order valence-electron chi connectivity index (χ4n) is 0. The van der Waals surface area contributed by atoms with E-state index < -0.39 is 5.97 Å². The fraction of sp³-hybridized carbons (Fsp3) is 0.571. The summed E-state index contributed by atoms with van der Waals surface area (Å²) in [6.45, 7) is 8.94. The molecule has 0 aliphatic rings. The minimum atomic E-state index is -0.935. The molecule has 0 saturated heterocycles. The number of hydrogen-bond donors (Lipinski definition) is 1. The zero-order valence-corrected chi connectivity index (χ0v) is 8.20. The van der Waals surface area contributed by atoms with Crippen LogP contribution in [0.3, 0.4) is 0 Å². The molecule has 57 valence electrons. The Labute approximate surface area is 73.7 Å². The van der Waals surface area contributed by atoms with Crippen LogP contribution >= 0.6 is 0 Å². The summed E-state index contributed by atoms with van der Waals surface area (Å²) in [4.78, 5) is 9.60. The van der Waals surface area contributed by atoms with Gasteiger partial charge in [0.1, 0.15) is 0 Å². The van der Waals surface area contributed by atoms with E-state index >= 15 is 0 Å². The molecule has 0 radical (unpaired) electrons. The normalized spacial score (nSPS) is 7.90. The molecule has 0 atom stereocenters. The summed E-state index contributed by atoms with van der Waals surface area (Å²) >= 11 is 2.17. The van der Waals surface area contributed by atoms with Gasteiger partial charge >= 0.3 is 44.5 Å². The second-order valence-electron chi connectivity index (χ2n) is 2.24. The standard InChI is InChI=1S/C4H6O2.C3H7.Ti/c1-3(2)4(5)6;1-3-2;/h1H2,2H3,(H,5,6);3H,1-2H3;. The molecule has 0 heterocycles. The average molecular weight is 177 g/mol. The van der Waals surface area contributed by atoms with Crippen LogP contribution in [0.25, 0.3) is 0 Å². The van der Waals surface area contributed by atoms with Gasteiger partial charge in [-0.2, -0.15) is 0 Å². The predicted molar refractivity (Wildman–Crippen MR) is 37.5 cm³/mol. The molecule has 2 nitrogen and oxygen atoms in total. The summed E-state index contributed by atoms with van der Waals surface area (Å²) in [7, 11) is 0. The molecule has 0 spiro atoms. The van der Waals surface area contributed by atoms with E-state index in [0.717, 1.165) is 4.22 Å². The number of carbonyl (C=O) groups is 1. The van der Waals surface area contributed by atoms with Gasteiger partial charge in [0, 0.05) is 5.57 Å². The number of rotatable bonds is 1. The van der Waals surface area contributed by atoms with Crippen molar-refractivity contribution in [1.29, 1.82) is 0 Å². The van der Waals surface area contributed by atoms with Crippen LogP contribution in [0.5, 0.6) is 0 Å². The molecule has 0 bridgehead atoms. The van der Waals surface area contributed by atoms with Crippen molar-refractivity contribution >= 4 is 5.97 Å². The Morgan fingerprint density at radius 2 is 1.70 bits per heavy atom. The van der Waals surface area contributed by atoms with Gasteiger partial charge in [0.25, 0.3) is 0 Å². The van der Waals surface area contributed by atoms with E-state index in [0.29, 0.717) is 0 Å². The maximum atomic E-state index is 9.60. The van der Waals surface area contributed by atoms with Gasteiger partial charge in [0.15, 0.2) is 0 Å². The third kappa shape index (κ3) is 24.7. The first-order valence-electron chi connectivity index (χ1n) is 2.97. The van der Waals surface area contributed by atoms with Crippen LogP contribution in [0.4, 0.5) is 0 Å². The van der Waals surface area contributed by atoms with Crippen LogP contribution in [0.1, 0.15) is 20.8 Å². The predicted octanol–water partition coefficient (Wildman–Crippen LogP) is 2.01. The second kappa shape index (κ2) is 7.04. The molecule has 0 aromatic heterocycles. The number of carboxylic acid groups (broad SMARTS) is 1. The summed E-state index contributed by atoms with van der Waals surface area (Å²) in [6, 6.07) is 0. The summed E-state index contributed by atoms with van der Waals surface area (Å²) in [6.07, 6.45) is 0. The Morgan fingerprint density at radius 1 is 1.60 bits per heavy atom. The summed E-state index contributed by atoms with van der Waals surface area (Å²) in [5.41, 5.74) is 0.176. The van der Waals surface area contributed by atoms with Gasteiger partial charge in [0.2, 0.25) is 0 Å². The first-order chi connectivity index (χ1) is 4.37. The third-order valence-electron chi connectivity index (χ3n) is 0.365. The van der Waals surface area contributed by atoms with Crippen molar-refractivity contribution in [3.05, 3.63) is 12.2 Å². The monoisotopic (exact) mass is 177 g/mol. The van der Waals surface area contributed by atoms with Gasteiger partial charge in [-0.3, -0.25) is 0 Å². The minimum absolute atomic E-state index is 0.176. The van der Waals surface area contributed by atoms with Crippen LogP contribution in [0, 0.1) is 0 Å². The van der Waals surface area contributed by atoms with E-state index in [1.54, 1.807) is 0 Å². The van der Waals surface area contributed by atoms with Crippen LogP contribution < -0.4 is 0 Å². The molecule has 3 heteroatoms. The van der Waals surface area contributed by atoms with E-state index in [1.807, 2.05) is 0 Å². The van der Waals surface area contributed by atoms with E-state index in [4.69, 9.17) is 5.11 Å². The van der Waals surface area contributed by atoms with Gasteiger partial charge < -0.3 is 5.11 Å². The summed E-state index contributed by atoms with van der Waals surface area (Å²) in [5.74, 6) is -0.935. The van der Waals surface area contributed by atoms with Crippen molar-refractivity contribution in [1.82, 2.24) is 0 Å². The molecule has 0 rings (SSSR count). The van der Waals surface area contributed by atoms with Crippen molar-refractivity contribution in [2.45, 2.75) is 25.0 Å². The maximum absolute atomic E-state index is 9.60. The first-order valence-corrected chi connectivity index (χ1v) is 3.88. The van der Waals surface area contributed by atoms with E-state index in [9.17, 15) is 4.79 Å². The van der Waals surface area contributed by atoms with Crippen molar-refractivity contribution in [2.75, 3.05) is 0 Å². The third-order valence-corrected chi connectivity index (χ3v) is 0.365. The van der Waals surface area contributed by atoms with E-state index in [1.165, 1.54) is 6.92 Å². The Balaban J connectivity index is 0. The average Bonchev–Trinajstić information content (AvgIpc) is 1.63. The first kappa shape index (κ1) is 12.6. The zero-order valence-electron chi connectivity index (χ0n) is 6.64. The number of hydrogen-bond acceptors (Lipinski definition) is 1.